The average molecular weight is 662 g/mol. The molecule has 1 unspecified atom stereocenters. The molecule has 2 aliphatic heterocycles. The van der Waals surface area contributed by atoms with Crippen LogP contribution in [0.4, 0.5) is 5.69 Å². The Kier molecular flexibility index (Phi) is 12.5. The molecule has 3 aromatic carbocycles. The Bertz CT molecular complexity index is 1520. The first-order valence-corrected chi connectivity index (χ1v) is 16.4. The molecule has 0 aromatic heterocycles. The second-order valence-corrected chi connectivity index (χ2v) is 12.1. The molecule has 0 spiro atoms. The SMILES string of the molecule is COCCCC(=O)N1CCC(N(C)c2cccc3c2CN(C(=O)c2c(OCOC)cc(OCOC)cc2OCc2ccccc2)CC3)C1. The number of hydrogen-bond acceptors (Lipinski definition) is 9. The number of methoxy groups -OCH3 is 3. The summed E-state index contributed by atoms with van der Waals surface area (Å²) < 4.78 is 33.4. The van der Waals surface area contributed by atoms with E-state index in [0.29, 0.717) is 61.9 Å². The number of ether oxygens (including phenoxy) is 6. The molecular formula is C37H47N3O8. The molecule has 0 aliphatic carbocycles. The number of carbonyl (C=O) groups is 2. The van der Waals surface area contributed by atoms with Gasteiger partial charge in [-0.15, -0.1) is 0 Å². The topological polar surface area (TPSA) is 99.2 Å². The highest BCUT2D eigenvalue weighted by atomic mass is 16.7. The summed E-state index contributed by atoms with van der Waals surface area (Å²) in [5, 5.41) is 0. The molecule has 3 aromatic rings. The fraction of sp³-hybridized carbons (Fsp3) is 0.459. The Labute approximate surface area is 283 Å². The van der Waals surface area contributed by atoms with Gasteiger partial charge in [0.1, 0.15) is 29.4 Å². The molecule has 1 saturated heterocycles. The Morgan fingerprint density at radius 2 is 1.60 bits per heavy atom. The number of anilines is 1. The van der Waals surface area contributed by atoms with Gasteiger partial charge >= 0.3 is 0 Å². The lowest BCUT2D eigenvalue weighted by molar-refractivity contribution is -0.130. The molecular weight excluding hydrogens is 614 g/mol. The Balaban J connectivity index is 1.39. The molecule has 0 saturated carbocycles. The predicted molar refractivity (Wildman–Crippen MR) is 182 cm³/mol. The van der Waals surface area contributed by atoms with Gasteiger partial charge in [0.05, 0.1) is 0 Å². The largest absolute Gasteiger partial charge is 0.488 e. The van der Waals surface area contributed by atoms with E-state index >= 15 is 0 Å². The number of fused-ring (bicyclic) bond motifs is 1. The lowest BCUT2D eigenvalue weighted by Gasteiger charge is -2.35. The number of amides is 2. The molecule has 1 fully saturated rings. The summed E-state index contributed by atoms with van der Waals surface area (Å²) in [6.45, 7) is 3.17. The number of likely N-dealkylation sites (tertiary alicyclic amines) is 1. The lowest BCUT2D eigenvalue weighted by atomic mass is 9.96. The van der Waals surface area contributed by atoms with Crippen LogP contribution in [0.25, 0.3) is 0 Å². The van der Waals surface area contributed by atoms with Crippen LogP contribution < -0.4 is 19.1 Å². The van der Waals surface area contributed by atoms with Gasteiger partial charge in [-0.3, -0.25) is 9.59 Å². The van der Waals surface area contributed by atoms with Crippen molar-refractivity contribution in [3.05, 3.63) is 82.9 Å². The molecule has 0 N–H and O–H groups in total. The first-order valence-electron chi connectivity index (χ1n) is 16.4. The van der Waals surface area contributed by atoms with Crippen LogP contribution in [-0.4, -0.2) is 95.9 Å². The fourth-order valence-electron chi connectivity index (χ4n) is 6.30. The van der Waals surface area contributed by atoms with Crippen molar-refractivity contribution in [3.63, 3.8) is 0 Å². The highest BCUT2D eigenvalue weighted by Crippen LogP contribution is 2.38. The maximum Gasteiger partial charge on any atom is 0.261 e. The number of nitrogens with zero attached hydrogens (tertiary/aromatic N) is 3. The fourth-order valence-corrected chi connectivity index (χ4v) is 6.30. The molecule has 2 heterocycles. The minimum Gasteiger partial charge on any atom is -0.488 e. The van der Waals surface area contributed by atoms with E-state index in [4.69, 9.17) is 28.4 Å². The standard InChI is InChI=1S/C37H47N3O8/c1-38(29-16-18-39(22-29)35(41)14-9-19-43-2)32-13-8-12-28-15-17-40(23-31(28)32)37(42)36-33(46-24-27-10-6-5-7-11-27)20-30(47-25-44-3)21-34(36)48-26-45-4/h5-8,10-13,20-21,29H,9,14-19,22-26H2,1-4H3. The summed E-state index contributed by atoms with van der Waals surface area (Å²) >= 11 is 0. The summed E-state index contributed by atoms with van der Waals surface area (Å²) in [6.07, 6.45) is 2.82. The summed E-state index contributed by atoms with van der Waals surface area (Å²) in [6, 6.07) is 19.6. The maximum atomic E-state index is 14.5. The zero-order valence-electron chi connectivity index (χ0n) is 28.4. The molecule has 2 amide bonds. The van der Waals surface area contributed by atoms with Crippen LogP contribution in [0.5, 0.6) is 17.2 Å². The van der Waals surface area contributed by atoms with Gasteiger partial charge in [-0.25, -0.2) is 0 Å². The number of hydrogen-bond donors (Lipinski definition) is 0. The average Bonchev–Trinajstić information content (AvgIpc) is 3.62. The van der Waals surface area contributed by atoms with Crippen LogP contribution in [0.1, 0.15) is 46.3 Å². The van der Waals surface area contributed by atoms with Gasteiger partial charge in [-0.05, 0) is 42.0 Å². The molecule has 1 atom stereocenters. The van der Waals surface area contributed by atoms with Crippen molar-refractivity contribution in [3.8, 4) is 17.2 Å². The summed E-state index contributed by atoms with van der Waals surface area (Å²) in [7, 11) is 6.81. The van der Waals surface area contributed by atoms with E-state index in [2.05, 4.69) is 30.1 Å². The molecule has 0 bridgehead atoms. The molecule has 5 rings (SSSR count). The third kappa shape index (κ3) is 8.58. The van der Waals surface area contributed by atoms with Crippen LogP contribution in [0.15, 0.2) is 60.7 Å². The zero-order chi connectivity index (χ0) is 33.9. The molecule has 258 valence electrons. The third-order valence-corrected chi connectivity index (χ3v) is 8.88. The van der Waals surface area contributed by atoms with Gasteiger partial charge in [0, 0.05) is 91.4 Å². The Hall–Kier alpha value is -4.32. The van der Waals surface area contributed by atoms with Crippen molar-refractivity contribution in [2.75, 3.05) is 73.1 Å². The van der Waals surface area contributed by atoms with Gasteiger partial charge in [0.25, 0.3) is 5.91 Å². The number of likely N-dealkylation sites (N-methyl/N-ethyl adjacent to an activating group) is 1. The second-order valence-electron chi connectivity index (χ2n) is 12.1. The van der Waals surface area contributed by atoms with E-state index in [9.17, 15) is 9.59 Å². The number of carbonyl (C=O) groups excluding carboxylic acids is 2. The van der Waals surface area contributed by atoms with E-state index in [1.54, 1.807) is 26.4 Å². The molecule has 0 radical (unpaired) electrons. The summed E-state index contributed by atoms with van der Waals surface area (Å²) in [4.78, 5) is 33.4. The van der Waals surface area contributed by atoms with Crippen molar-refractivity contribution < 1.29 is 38.0 Å². The minimum absolute atomic E-state index is 0.0229. The van der Waals surface area contributed by atoms with Gasteiger partial charge in [-0.1, -0.05) is 42.5 Å². The quantitative estimate of drug-likeness (QED) is 0.157. The molecule has 11 heteroatoms. The minimum atomic E-state index is -0.209. The Morgan fingerprint density at radius 3 is 2.35 bits per heavy atom. The monoisotopic (exact) mass is 661 g/mol. The highest BCUT2D eigenvalue weighted by Gasteiger charge is 2.33. The van der Waals surface area contributed by atoms with Crippen molar-refractivity contribution in [1.29, 1.82) is 0 Å². The molecule has 48 heavy (non-hydrogen) atoms. The predicted octanol–water partition coefficient (Wildman–Crippen LogP) is 4.89. The molecule has 2 aliphatic rings. The number of rotatable bonds is 16. The van der Waals surface area contributed by atoms with Crippen molar-refractivity contribution >= 4 is 17.5 Å². The molecule has 11 nitrogen and oxygen atoms in total. The normalized spacial score (nSPS) is 15.6. The van der Waals surface area contributed by atoms with Gasteiger partial charge in [-0.2, -0.15) is 0 Å². The lowest BCUT2D eigenvalue weighted by Crippen LogP contribution is -2.40. The second kappa shape index (κ2) is 17.2. The zero-order valence-corrected chi connectivity index (χ0v) is 28.4. The van der Waals surface area contributed by atoms with Crippen molar-refractivity contribution in [1.82, 2.24) is 9.80 Å². The smallest absolute Gasteiger partial charge is 0.261 e. The number of benzene rings is 3. The van der Waals surface area contributed by atoms with E-state index < -0.39 is 0 Å². The maximum absolute atomic E-state index is 14.5. The van der Waals surface area contributed by atoms with Gasteiger partial charge < -0.3 is 43.1 Å². The van der Waals surface area contributed by atoms with E-state index in [0.717, 1.165) is 36.2 Å². The van der Waals surface area contributed by atoms with Crippen LogP contribution in [0.2, 0.25) is 0 Å². The summed E-state index contributed by atoms with van der Waals surface area (Å²) in [5.41, 5.74) is 4.66. The van der Waals surface area contributed by atoms with Crippen LogP contribution >= 0.6 is 0 Å². The first-order chi connectivity index (χ1) is 23.4. The van der Waals surface area contributed by atoms with Crippen LogP contribution in [-0.2, 0) is 38.6 Å². The summed E-state index contributed by atoms with van der Waals surface area (Å²) in [5.74, 6) is 1.06. The van der Waals surface area contributed by atoms with Crippen LogP contribution in [0, 0.1) is 0 Å². The van der Waals surface area contributed by atoms with E-state index in [1.165, 1.54) is 12.7 Å². The van der Waals surface area contributed by atoms with Crippen molar-refractivity contribution in [2.45, 2.75) is 44.9 Å². The van der Waals surface area contributed by atoms with Crippen LogP contribution in [0.3, 0.4) is 0 Å². The van der Waals surface area contributed by atoms with Gasteiger partial charge in [0.15, 0.2) is 13.6 Å². The Morgan fingerprint density at radius 1 is 0.854 bits per heavy atom. The van der Waals surface area contributed by atoms with Crippen molar-refractivity contribution in [2.24, 2.45) is 0 Å². The highest BCUT2D eigenvalue weighted by molar-refractivity contribution is 6.00. The first kappa shape index (κ1) is 35.0. The van der Waals surface area contributed by atoms with E-state index in [-0.39, 0.29) is 38.0 Å². The third-order valence-electron chi connectivity index (χ3n) is 8.88. The van der Waals surface area contributed by atoms with Gasteiger partial charge in [0.2, 0.25) is 5.91 Å². The van der Waals surface area contributed by atoms with E-state index in [1.807, 2.05) is 40.1 Å².